The Morgan fingerprint density at radius 1 is 1.05 bits per heavy atom. The largest absolute Gasteiger partial charge is 0.407 e. The van der Waals surface area contributed by atoms with Crippen LogP contribution in [0.2, 0.25) is 5.02 Å². The molecule has 2 fully saturated rings. The number of rotatable bonds is 3. The molecule has 2 aromatic rings. The van der Waals surface area contributed by atoms with Gasteiger partial charge in [0.1, 0.15) is 0 Å². The molecular formula is C15H16ClN3O2. The summed E-state index contributed by atoms with van der Waals surface area (Å²) in [6.45, 7) is 3.02. The highest BCUT2D eigenvalue weighted by Crippen LogP contribution is 2.53. The first kappa shape index (κ1) is 13.1. The number of nitrogens with zero attached hydrogens (tertiary/aromatic N) is 3. The smallest absolute Gasteiger partial charge is 0.318 e. The van der Waals surface area contributed by atoms with Crippen molar-refractivity contribution in [2.24, 2.45) is 0 Å². The van der Waals surface area contributed by atoms with Crippen molar-refractivity contribution < 1.29 is 9.15 Å². The molecule has 0 atom stereocenters. The molecule has 2 aliphatic rings. The SMILES string of the molecule is Clc1ccc(C2(c3nnc(N4CCOCC4)o3)CC2)cc1. The Hall–Kier alpha value is -1.59. The van der Waals surface area contributed by atoms with Gasteiger partial charge in [-0.1, -0.05) is 28.8 Å². The van der Waals surface area contributed by atoms with Crippen LogP contribution < -0.4 is 4.90 Å². The van der Waals surface area contributed by atoms with E-state index in [9.17, 15) is 0 Å². The van der Waals surface area contributed by atoms with E-state index in [0.717, 1.165) is 31.0 Å². The van der Waals surface area contributed by atoms with Gasteiger partial charge in [-0.2, -0.15) is 0 Å². The molecule has 0 unspecified atom stereocenters. The molecule has 1 aromatic carbocycles. The first-order valence-electron chi connectivity index (χ1n) is 7.21. The first-order chi connectivity index (χ1) is 10.3. The Balaban J connectivity index is 1.61. The Morgan fingerprint density at radius 2 is 1.76 bits per heavy atom. The average molecular weight is 306 g/mol. The molecule has 2 heterocycles. The van der Waals surface area contributed by atoms with Gasteiger partial charge in [0.25, 0.3) is 0 Å². The van der Waals surface area contributed by atoms with E-state index in [2.05, 4.69) is 15.1 Å². The van der Waals surface area contributed by atoms with E-state index in [1.165, 1.54) is 5.56 Å². The monoisotopic (exact) mass is 305 g/mol. The molecule has 1 saturated heterocycles. The predicted molar refractivity (Wildman–Crippen MR) is 78.8 cm³/mol. The molecule has 1 aliphatic heterocycles. The van der Waals surface area contributed by atoms with Gasteiger partial charge in [0.05, 0.1) is 18.6 Å². The van der Waals surface area contributed by atoms with Gasteiger partial charge in [0.15, 0.2) is 0 Å². The van der Waals surface area contributed by atoms with Crippen molar-refractivity contribution in [1.82, 2.24) is 10.2 Å². The lowest BCUT2D eigenvalue weighted by molar-refractivity contribution is 0.120. The van der Waals surface area contributed by atoms with Gasteiger partial charge in [-0.15, -0.1) is 5.10 Å². The number of hydrogen-bond donors (Lipinski definition) is 0. The maximum atomic E-state index is 5.96. The molecule has 21 heavy (non-hydrogen) atoms. The van der Waals surface area contributed by atoms with Crippen LogP contribution >= 0.6 is 11.6 Å². The van der Waals surface area contributed by atoms with Crippen LogP contribution in [0.3, 0.4) is 0 Å². The van der Waals surface area contributed by atoms with Crippen LogP contribution in [0.15, 0.2) is 28.7 Å². The lowest BCUT2D eigenvalue weighted by atomic mass is 9.96. The van der Waals surface area contributed by atoms with Crippen molar-refractivity contribution in [3.8, 4) is 0 Å². The fraction of sp³-hybridized carbons (Fsp3) is 0.467. The maximum Gasteiger partial charge on any atom is 0.318 e. The quantitative estimate of drug-likeness (QED) is 0.872. The van der Waals surface area contributed by atoms with Gasteiger partial charge < -0.3 is 14.1 Å². The summed E-state index contributed by atoms with van der Waals surface area (Å²) in [5.41, 5.74) is 1.09. The Morgan fingerprint density at radius 3 is 2.43 bits per heavy atom. The molecule has 5 nitrogen and oxygen atoms in total. The van der Waals surface area contributed by atoms with Crippen molar-refractivity contribution in [2.45, 2.75) is 18.3 Å². The number of ether oxygens (including phenoxy) is 1. The summed E-state index contributed by atoms with van der Waals surface area (Å²) in [6, 6.07) is 8.53. The second-order valence-corrected chi connectivity index (χ2v) is 6.01. The molecule has 0 bridgehead atoms. The summed E-state index contributed by atoms with van der Waals surface area (Å²) in [4.78, 5) is 2.08. The van der Waals surface area contributed by atoms with Crippen molar-refractivity contribution in [3.63, 3.8) is 0 Å². The van der Waals surface area contributed by atoms with E-state index in [0.29, 0.717) is 25.1 Å². The summed E-state index contributed by atoms with van der Waals surface area (Å²) in [7, 11) is 0. The lowest BCUT2D eigenvalue weighted by Gasteiger charge is -2.24. The third kappa shape index (κ3) is 2.30. The standard InChI is InChI=1S/C15H16ClN3O2/c16-12-3-1-11(2-4-12)15(5-6-15)13-17-18-14(21-13)19-7-9-20-10-8-19/h1-4H,5-10H2. The second-order valence-electron chi connectivity index (χ2n) is 5.58. The second kappa shape index (κ2) is 5.00. The molecular weight excluding hydrogens is 290 g/mol. The first-order valence-corrected chi connectivity index (χ1v) is 7.58. The fourth-order valence-corrected chi connectivity index (χ4v) is 2.94. The van der Waals surface area contributed by atoms with Crippen LogP contribution in [-0.2, 0) is 10.2 Å². The number of benzene rings is 1. The minimum Gasteiger partial charge on any atom is -0.407 e. The number of morpholine rings is 1. The van der Waals surface area contributed by atoms with E-state index in [1.54, 1.807) is 0 Å². The molecule has 0 amide bonds. The minimum absolute atomic E-state index is 0.109. The number of halogens is 1. The van der Waals surface area contributed by atoms with Crippen molar-refractivity contribution in [2.75, 3.05) is 31.2 Å². The Bertz CT molecular complexity index is 631. The summed E-state index contributed by atoms with van der Waals surface area (Å²) in [5.74, 6) is 0.714. The molecule has 1 saturated carbocycles. The molecule has 0 radical (unpaired) electrons. The van der Waals surface area contributed by atoms with Gasteiger partial charge >= 0.3 is 6.01 Å². The normalized spacial score (nSPS) is 20.5. The molecule has 1 aliphatic carbocycles. The highest BCUT2D eigenvalue weighted by atomic mass is 35.5. The molecule has 0 spiro atoms. The van der Waals surface area contributed by atoms with E-state index in [1.807, 2.05) is 24.3 Å². The third-order valence-corrected chi connectivity index (χ3v) is 4.50. The third-order valence-electron chi connectivity index (χ3n) is 4.25. The predicted octanol–water partition coefficient (Wildman–Crippen LogP) is 2.64. The summed E-state index contributed by atoms with van der Waals surface area (Å²) in [6.07, 6.45) is 2.08. The van der Waals surface area contributed by atoms with Gasteiger partial charge in [-0.25, -0.2) is 0 Å². The van der Waals surface area contributed by atoms with Crippen LogP contribution in [0.5, 0.6) is 0 Å². The zero-order valence-electron chi connectivity index (χ0n) is 11.6. The molecule has 1 aromatic heterocycles. The number of hydrogen-bond acceptors (Lipinski definition) is 5. The van der Waals surface area contributed by atoms with E-state index in [4.69, 9.17) is 20.8 Å². The number of aromatic nitrogens is 2. The van der Waals surface area contributed by atoms with Gasteiger partial charge in [-0.05, 0) is 30.5 Å². The lowest BCUT2D eigenvalue weighted by Crippen LogP contribution is -2.36. The van der Waals surface area contributed by atoms with E-state index >= 15 is 0 Å². The van der Waals surface area contributed by atoms with Gasteiger partial charge in [-0.3, -0.25) is 0 Å². The van der Waals surface area contributed by atoms with Crippen LogP contribution in [0.4, 0.5) is 6.01 Å². The van der Waals surface area contributed by atoms with Gasteiger partial charge in [0.2, 0.25) is 5.89 Å². The Kier molecular flexibility index (Phi) is 3.12. The molecule has 4 rings (SSSR count). The molecule has 0 N–H and O–H groups in total. The van der Waals surface area contributed by atoms with Gasteiger partial charge in [0, 0.05) is 18.1 Å². The van der Waals surface area contributed by atoms with Crippen molar-refractivity contribution >= 4 is 17.6 Å². The summed E-state index contributed by atoms with van der Waals surface area (Å²) >= 11 is 5.96. The van der Waals surface area contributed by atoms with Crippen molar-refractivity contribution in [1.29, 1.82) is 0 Å². The van der Waals surface area contributed by atoms with Crippen LogP contribution in [0.25, 0.3) is 0 Å². The zero-order chi connectivity index (χ0) is 14.3. The zero-order valence-corrected chi connectivity index (χ0v) is 12.3. The van der Waals surface area contributed by atoms with Crippen molar-refractivity contribution in [3.05, 3.63) is 40.7 Å². The van der Waals surface area contributed by atoms with E-state index < -0.39 is 0 Å². The van der Waals surface area contributed by atoms with E-state index in [-0.39, 0.29) is 5.41 Å². The highest BCUT2D eigenvalue weighted by Gasteiger charge is 2.51. The fourth-order valence-electron chi connectivity index (χ4n) is 2.81. The van der Waals surface area contributed by atoms with Crippen LogP contribution in [0.1, 0.15) is 24.3 Å². The summed E-state index contributed by atoms with van der Waals surface area (Å²) < 4.78 is 11.3. The summed E-state index contributed by atoms with van der Waals surface area (Å²) in [5, 5.41) is 9.25. The number of anilines is 1. The molecule has 6 heteroatoms. The highest BCUT2D eigenvalue weighted by molar-refractivity contribution is 6.30. The maximum absolute atomic E-state index is 5.96. The van der Waals surface area contributed by atoms with Crippen LogP contribution in [0, 0.1) is 0 Å². The Labute approximate surface area is 127 Å². The molecule has 110 valence electrons. The average Bonchev–Trinajstić information content (AvgIpc) is 3.19. The minimum atomic E-state index is -0.109. The van der Waals surface area contributed by atoms with Crippen LogP contribution in [-0.4, -0.2) is 36.5 Å². The topological polar surface area (TPSA) is 51.4 Å².